The van der Waals surface area contributed by atoms with Crippen molar-refractivity contribution in [2.24, 2.45) is 16.6 Å². The van der Waals surface area contributed by atoms with Crippen LogP contribution < -0.4 is 11.1 Å². The summed E-state index contributed by atoms with van der Waals surface area (Å²) in [7, 11) is 0. The second-order valence-corrected chi connectivity index (χ2v) is 6.57. The highest BCUT2D eigenvalue weighted by atomic mass is 16.5. The number of guanidine groups is 1. The number of aliphatic imine (C=N–C) groups is 1. The molecule has 1 aliphatic heterocycles. The zero-order valence-corrected chi connectivity index (χ0v) is 13.5. The Kier molecular flexibility index (Phi) is 4.88. The van der Waals surface area contributed by atoms with E-state index in [1.165, 1.54) is 0 Å². The van der Waals surface area contributed by atoms with Gasteiger partial charge >= 0.3 is 0 Å². The van der Waals surface area contributed by atoms with Crippen molar-refractivity contribution in [1.29, 1.82) is 0 Å². The number of aryl methyl sites for hydroxylation is 1. The number of nitrogens with one attached hydrogen (secondary N) is 1. The number of nitrogens with zero attached hydrogens (tertiary/aromatic N) is 3. The van der Waals surface area contributed by atoms with Gasteiger partial charge < -0.3 is 15.8 Å². The Balaban J connectivity index is 1.97. The lowest BCUT2D eigenvalue weighted by molar-refractivity contribution is 0.0925. The maximum Gasteiger partial charge on any atom is 0.188 e. The van der Waals surface area contributed by atoms with Gasteiger partial charge in [-0.05, 0) is 34.1 Å². The van der Waals surface area contributed by atoms with Crippen LogP contribution in [0.3, 0.4) is 0 Å². The summed E-state index contributed by atoms with van der Waals surface area (Å²) in [5.74, 6) is 0.859. The third kappa shape index (κ3) is 4.46. The lowest BCUT2D eigenvalue weighted by atomic mass is 9.97. The number of ether oxygens (including phenoxy) is 1. The van der Waals surface area contributed by atoms with E-state index in [0.29, 0.717) is 18.4 Å². The van der Waals surface area contributed by atoms with E-state index in [1.54, 1.807) is 0 Å². The average molecular weight is 293 g/mol. The van der Waals surface area contributed by atoms with Gasteiger partial charge in [-0.2, -0.15) is 5.10 Å². The van der Waals surface area contributed by atoms with E-state index in [1.807, 2.05) is 10.9 Å². The fourth-order valence-electron chi connectivity index (χ4n) is 2.53. The van der Waals surface area contributed by atoms with Crippen LogP contribution in [0.2, 0.25) is 0 Å². The molecule has 0 radical (unpaired) electrons. The van der Waals surface area contributed by atoms with Gasteiger partial charge in [0.2, 0.25) is 0 Å². The van der Waals surface area contributed by atoms with Crippen LogP contribution in [0, 0.1) is 5.92 Å². The van der Waals surface area contributed by atoms with Crippen molar-refractivity contribution in [3.05, 3.63) is 18.0 Å². The molecule has 1 aliphatic rings. The van der Waals surface area contributed by atoms with Gasteiger partial charge in [0.1, 0.15) is 0 Å². The van der Waals surface area contributed by atoms with E-state index in [9.17, 15) is 0 Å². The number of aromatic nitrogens is 2. The Labute approximate surface area is 126 Å². The molecular formula is C15H27N5O. The molecule has 118 valence electrons. The van der Waals surface area contributed by atoms with Crippen LogP contribution in [0.15, 0.2) is 17.4 Å². The van der Waals surface area contributed by atoms with Crippen molar-refractivity contribution >= 4 is 5.96 Å². The van der Waals surface area contributed by atoms with Gasteiger partial charge in [-0.1, -0.05) is 0 Å². The molecule has 0 aliphatic carbocycles. The third-order valence-electron chi connectivity index (χ3n) is 3.52. The van der Waals surface area contributed by atoms with Crippen molar-refractivity contribution in [3.8, 4) is 0 Å². The first-order valence-electron chi connectivity index (χ1n) is 7.61. The van der Waals surface area contributed by atoms with Crippen LogP contribution in [0.5, 0.6) is 0 Å². The van der Waals surface area contributed by atoms with Gasteiger partial charge in [0.25, 0.3) is 0 Å². The number of rotatable bonds is 4. The summed E-state index contributed by atoms with van der Waals surface area (Å²) in [6.45, 7) is 10.6. The molecule has 0 unspecified atom stereocenters. The first-order chi connectivity index (χ1) is 9.89. The molecule has 2 heterocycles. The Morgan fingerprint density at radius 3 is 2.95 bits per heavy atom. The topological polar surface area (TPSA) is 77.5 Å². The van der Waals surface area contributed by atoms with Crippen molar-refractivity contribution in [1.82, 2.24) is 15.1 Å². The third-order valence-corrected chi connectivity index (χ3v) is 3.52. The highest BCUT2D eigenvalue weighted by molar-refractivity contribution is 5.78. The molecule has 0 saturated carbocycles. The van der Waals surface area contributed by atoms with Crippen molar-refractivity contribution in [2.75, 3.05) is 13.2 Å². The second-order valence-electron chi connectivity index (χ2n) is 6.57. The predicted octanol–water partition coefficient (Wildman–Crippen LogP) is 1.68. The van der Waals surface area contributed by atoms with Crippen LogP contribution in [0.1, 0.15) is 45.8 Å². The summed E-state index contributed by atoms with van der Waals surface area (Å²) in [5.41, 5.74) is 7.00. The molecule has 6 nitrogen and oxygen atoms in total. The van der Waals surface area contributed by atoms with E-state index in [-0.39, 0.29) is 11.6 Å². The number of hydrogen-bond donors (Lipinski definition) is 2. The summed E-state index contributed by atoms with van der Waals surface area (Å²) in [4.78, 5) is 4.47. The standard InChI is InChI=1S/C15H27N5O/c1-5-20-10-12(9-18-20)13-11(6-7-21-13)8-17-14(16)19-15(2,3)4/h9-11,13H,5-8H2,1-4H3,(H3,16,17,19)/t11-,13+/m0/s1. The van der Waals surface area contributed by atoms with Crippen molar-refractivity contribution in [3.63, 3.8) is 0 Å². The first kappa shape index (κ1) is 15.8. The van der Waals surface area contributed by atoms with Crippen molar-refractivity contribution in [2.45, 2.75) is 52.3 Å². The Morgan fingerprint density at radius 1 is 1.57 bits per heavy atom. The smallest absolute Gasteiger partial charge is 0.188 e. The molecule has 0 bridgehead atoms. The van der Waals surface area contributed by atoms with E-state index in [2.05, 4.69) is 49.3 Å². The molecular weight excluding hydrogens is 266 g/mol. The minimum Gasteiger partial charge on any atom is -0.373 e. The molecule has 1 saturated heterocycles. The lowest BCUT2D eigenvalue weighted by Gasteiger charge is -2.22. The van der Waals surface area contributed by atoms with Gasteiger partial charge in [-0.3, -0.25) is 9.67 Å². The Morgan fingerprint density at radius 2 is 2.33 bits per heavy atom. The van der Waals surface area contributed by atoms with Gasteiger partial charge in [-0.25, -0.2) is 0 Å². The fourth-order valence-corrected chi connectivity index (χ4v) is 2.53. The van der Waals surface area contributed by atoms with Gasteiger partial charge in [-0.15, -0.1) is 0 Å². The van der Waals surface area contributed by atoms with E-state index in [4.69, 9.17) is 10.5 Å². The predicted molar refractivity (Wildman–Crippen MR) is 84.1 cm³/mol. The number of hydrogen-bond acceptors (Lipinski definition) is 3. The van der Waals surface area contributed by atoms with Crippen LogP contribution in [0.4, 0.5) is 0 Å². The fraction of sp³-hybridized carbons (Fsp3) is 0.733. The van der Waals surface area contributed by atoms with Gasteiger partial charge in [0, 0.05) is 42.9 Å². The molecule has 2 atom stereocenters. The first-order valence-corrected chi connectivity index (χ1v) is 7.61. The molecule has 1 aromatic rings. The van der Waals surface area contributed by atoms with E-state index < -0.39 is 0 Å². The minimum atomic E-state index is -0.0680. The highest BCUT2D eigenvalue weighted by Gasteiger charge is 2.30. The number of nitrogens with two attached hydrogens (primary N) is 1. The van der Waals surface area contributed by atoms with Crippen LogP contribution in [0.25, 0.3) is 0 Å². The summed E-state index contributed by atoms with van der Waals surface area (Å²) in [6.07, 6.45) is 5.04. The largest absolute Gasteiger partial charge is 0.373 e. The molecule has 3 N–H and O–H groups in total. The highest BCUT2D eigenvalue weighted by Crippen LogP contribution is 2.34. The van der Waals surface area contributed by atoms with Gasteiger partial charge in [0.15, 0.2) is 5.96 Å². The SMILES string of the molecule is CCn1cc([C@@H]2OCC[C@H]2CN=C(N)NC(C)(C)C)cn1. The Bertz CT molecular complexity index is 488. The summed E-state index contributed by atoms with van der Waals surface area (Å²) < 4.78 is 7.78. The van der Waals surface area contributed by atoms with Crippen LogP contribution in [-0.2, 0) is 11.3 Å². The lowest BCUT2D eigenvalue weighted by Crippen LogP contribution is -2.45. The summed E-state index contributed by atoms with van der Waals surface area (Å²) >= 11 is 0. The minimum absolute atomic E-state index is 0.0680. The van der Waals surface area contributed by atoms with Gasteiger partial charge in [0.05, 0.1) is 12.3 Å². The zero-order chi connectivity index (χ0) is 15.5. The summed E-state index contributed by atoms with van der Waals surface area (Å²) in [6, 6.07) is 0. The van der Waals surface area contributed by atoms with E-state index in [0.717, 1.165) is 25.1 Å². The molecule has 0 amide bonds. The quantitative estimate of drug-likeness (QED) is 0.654. The molecule has 21 heavy (non-hydrogen) atoms. The molecule has 0 spiro atoms. The maximum atomic E-state index is 5.93. The monoisotopic (exact) mass is 293 g/mol. The summed E-state index contributed by atoms with van der Waals surface area (Å²) in [5, 5.41) is 7.50. The Hall–Kier alpha value is -1.56. The zero-order valence-electron chi connectivity index (χ0n) is 13.5. The normalized spacial score (nSPS) is 23.5. The second kappa shape index (κ2) is 6.47. The van der Waals surface area contributed by atoms with Crippen LogP contribution in [-0.4, -0.2) is 34.4 Å². The molecule has 2 rings (SSSR count). The molecule has 0 aromatic carbocycles. The van der Waals surface area contributed by atoms with Crippen molar-refractivity contribution < 1.29 is 4.74 Å². The average Bonchev–Trinajstić information content (AvgIpc) is 3.02. The van der Waals surface area contributed by atoms with Crippen LogP contribution >= 0.6 is 0 Å². The molecule has 6 heteroatoms. The maximum absolute atomic E-state index is 5.93. The van der Waals surface area contributed by atoms with E-state index >= 15 is 0 Å². The molecule has 1 fully saturated rings. The molecule has 1 aromatic heterocycles.